The first-order valence-corrected chi connectivity index (χ1v) is 10.5. The van der Waals surface area contributed by atoms with Crippen LogP contribution in [0, 0.1) is 0 Å². The van der Waals surface area contributed by atoms with Gasteiger partial charge in [-0.15, -0.1) is 11.3 Å². The number of nitrogens with zero attached hydrogens (tertiary/aromatic N) is 3. The number of thiophene rings is 1. The normalized spacial score (nSPS) is 19.6. The Kier molecular flexibility index (Phi) is 5.43. The molecule has 0 spiro atoms. The lowest BCUT2D eigenvalue weighted by Crippen LogP contribution is -2.52. The van der Waals surface area contributed by atoms with Gasteiger partial charge >= 0.3 is 0 Å². The molecule has 0 saturated carbocycles. The number of para-hydroxylation sites is 1. The van der Waals surface area contributed by atoms with Crippen molar-refractivity contribution >= 4 is 32.9 Å². The number of aliphatic hydroxyl groups excluding tert-OH is 1. The number of hydrogen-bond donors (Lipinski definition) is 1. The van der Waals surface area contributed by atoms with E-state index in [1.54, 1.807) is 22.7 Å². The summed E-state index contributed by atoms with van der Waals surface area (Å²) in [6, 6.07) is 11.0. The van der Waals surface area contributed by atoms with Crippen molar-refractivity contribution in [2.24, 2.45) is 0 Å². The number of aliphatic hydroxyl groups is 1. The quantitative estimate of drug-likeness (QED) is 0.719. The van der Waals surface area contributed by atoms with E-state index in [2.05, 4.69) is 44.8 Å². The van der Waals surface area contributed by atoms with Crippen LogP contribution in [0.15, 0.2) is 41.1 Å². The van der Waals surface area contributed by atoms with Crippen molar-refractivity contribution in [3.05, 3.63) is 51.7 Å². The van der Waals surface area contributed by atoms with Gasteiger partial charge in [0, 0.05) is 38.8 Å². The highest BCUT2D eigenvalue weighted by Crippen LogP contribution is 2.24. The van der Waals surface area contributed by atoms with E-state index in [-0.39, 0.29) is 6.61 Å². The Morgan fingerprint density at radius 1 is 1.16 bits per heavy atom. The van der Waals surface area contributed by atoms with Crippen molar-refractivity contribution in [2.75, 3.05) is 26.2 Å². The molecule has 4 rings (SSSR count). The molecule has 3 aromatic rings. The van der Waals surface area contributed by atoms with E-state index >= 15 is 0 Å². The van der Waals surface area contributed by atoms with Crippen LogP contribution >= 0.6 is 22.7 Å². The van der Waals surface area contributed by atoms with Gasteiger partial charge in [-0.25, -0.2) is 4.98 Å². The molecular weight excluding hydrogens is 350 g/mol. The Labute approximate surface area is 156 Å². The summed E-state index contributed by atoms with van der Waals surface area (Å²) in [5, 5.41) is 15.0. The Morgan fingerprint density at radius 3 is 2.88 bits per heavy atom. The lowest BCUT2D eigenvalue weighted by molar-refractivity contribution is 0.0500. The molecule has 1 saturated heterocycles. The minimum absolute atomic E-state index is 0.250. The molecule has 0 amide bonds. The van der Waals surface area contributed by atoms with Crippen molar-refractivity contribution < 1.29 is 5.11 Å². The van der Waals surface area contributed by atoms with E-state index in [9.17, 15) is 5.11 Å². The predicted molar refractivity (Wildman–Crippen MR) is 105 cm³/mol. The van der Waals surface area contributed by atoms with Crippen LogP contribution in [-0.4, -0.2) is 52.2 Å². The highest BCUT2D eigenvalue weighted by Gasteiger charge is 2.27. The maximum absolute atomic E-state index is 9.48. The molecule has 25 heavy (non-hydrogen) atoms. The summed E-state index contributed by atoms with van der Waals surface area (Å²) in [4.78, 5) is 9.78. The van der Waals surface area contributed by atoms with Crippen LogP contribution in [0.5, 0.6) is 0 Å². The van der Waals surface area contributed by atoms with Gasteiger partial charge in [0.2, 0.25) is 0 Å². The number of rotatable bonds is 6. The fourth-order valence-electron chi connectivity index (χ4n) is 3.53. The van der Waals surface area contributed by atoms with E-state index in [1.165, 1.54) is 15.3 Å². The van der Waals surface area contributed by atoms with Crippen molar-refractivity contribution in [3.63, 3.8) is 0 Å². The zero-order chi connectivity index (χ0) is 17.1. The van der Waals surface area contributed by atoms with Crippen LogP contribution in [0.3, 0.4) is 0 Å². The first-order valence-electron chi connectivity index (χ1n) is 8.74. The molecule has 1 aliphatic rings. The van der Waals surface area contributed by atoms with E-state index < -0.39 is 0 Å². The average Bonchev–Trinajstić information content (AvgIpc) is 3.26. The molecule has 6 heteroatoms. The summed E-state index contributed by atoms with van der Waals surface area (Å²) in [6.45, 7) is 5.25. The lowest BCUT2D eigenvalue weighted by atomic mass is 10.1. The van der Waals surface area contributed by atoms with Gasteiger partial charge in [0.1, 0.15) is 5.01 Å². The molecule has 1 N–H and O–H groups in total. The highest BCUT2D eigenvalue weighted by molar-refractivity contribution is 7.18. The maximum Gasteiger partial charge on any atom is 0.108 e. The summed E-state index contributed by atoms with van der Waals surface area (Å²) in [7, 11) is 0. The van der Waals surface area contributed by atoms with Crippen molar-refractivity contribution in [1.82, 2.24) is 14.8 Å². The fourth-order valence-corrected chi connectivity index (χ4v) is 5.20. The first-order chi connectivity index (χ1) is 12.3. The number of piperazine rings is 1. The SMILES string of the molecule is OCC[C@H]1CN(Cc2nc3ccccc3s2)CCN1Cc1ccsc1. The Hall–Kier alpha value is -1.31. The molecule has 0 unspecified atom stereocenters. The molecule has 0 radical (unpaired) electrons. The standard InChI is InChI=1S/C19H23N3OS2/c23-9-5-16-12-21(7-8-22(16)11-15-6-10-24-14-15)13-19-20-17-3-1-2-4-18(17)25-19/h1-4,6,10,14,16,23H,5,7-9,11-13H2/t16-/m0/s1. The molecule has 2 aromatic heterocycles. The summed E-state index contributed by atoms with van der Waals surface area (Å²) >= 11 is 3.55. The summed E-state index contributed by atoms with van der Waals surface area (Å²) in [5.74, 6) is 0. The van der Waals surface area contributed by atoms with Gasteiger partial charge in [-0.05, 0) is 40.9 Å². The summed E-state index contributed by atoms with van der Waals surface area (Å²) in [5.41, 5.74) is 2.48. The third-order valence-corrected chi connectivity index (χ3v) is 6.57. The number of fused-ring (bicyclic) bond motifs is 1. The minimum Gasteiger partial charge on any atom is -0.396 e. The van der Waals surface area contributed by atoms with Gasteiger partial charge in [-0.2, -0.15) is 11.3 Å². The smallest absolute Gasteiger partial charge is 0.108 e. The average molecular weight is 374 g/mol. The molecule has 0 aliphatic carbocycles. The highest BCUT2D eigenvalue weighted by atomic mass is 32.1. The second-order valence-corrected chi connectivity index (χ2v) is 8.47. The van der Waals surface area contributed by atoms with Crippen molar-refractivity contribution in [1.29, 1.82) is 0 Å². The lowest BCUT2D eigenvalue weighted by Gasteiger charge is -2.41. The van der Waals surface area contributed by atoms with Crippen LogP contribution in [0.25, 0.3) is 10.2 Å². The van der Waals surface area contributed by atoms with E-state index in [0.717, 1.165) is 44.7 Å². The molecule has 1 fully saturated rings. The third-order valence-electron chi connectivity index (χ3n) is 4.81. The largest absolute Gasteiger partial charge is 0.396 e. The molecule has 0 bridgehead atoms. The van der Waals surface area contributed by atoms with Crippen LogP contribution < -0.4 is 0 Å². The van der Waals surface area contributed by atoms with Crippen molar-refractivity contribution in [2.45, 2.75) is 25.6 Å². The van der Waals surface area contributed by atoms with Gasteiger partial charge in [0.25, 0.3) is 0 Å². The molecule has 3 heterocycles. The molecule has 1 aliphatic heterocycles. The predicted octanol–water partition coefficient (Wildman–Crippen LogP) is 3.43. The molecule has 1 aromatic carbocycles. The third kappa shape index (κ3) is 4.10. The zero-order valence-corrected chi connectivity index (χ0v) is 15.8. The number of aromatic nitrogens is 1. The summed E-state index contributed by atoms with van der Waals surface area (Å²) in [6.07, 6.45) is 0.834. The van der Waals surface area contributed by atoms with Gasteiger partial charge in [0.15, 0.2) is 0 Å². The molecule has 1 atom stereocenters. The number of hydrogen-bond acceptors (Lipinski definition) is 6. The zero-order valence-electron chi connectivity index (χ0n) is 14.2. The van der Waals surface area contributed by atoms with Crippen LogP contribution in [0.2, 0.25) is 0 Å². The van der Waals surface area contributed by atoms with Crippen LogP contribution in [0.4, 0.5) is 0 Å². The Balaban J connectivity index is 1.42. The van der Waals surface area contributed by atoms with Crippen LogP contribution in [0.1, 0.15) is 17.0 Å². The Bertz CT molecular complexity index is 769. The molecule has 4 nitrogen and oxygen atoms in total. The second kappa shape index (κ2) is 7.93. The number of benzene rings is 1. The first kappa shape index (κ1) is 17.1. The monoisotopic (exact) mass is 373 g/mol. The van der Waals surface area contributed by atoms with E-state index in [4.69, 9.17) is 4.98 Å². The fraction of sp³-hybridized carbons (Fsp3) is 0.421. The van der Waals surface area contributed by atoms with Crippen LogP contribution in [-0.2, 0) is 13.1 Å². The number of thiazole rings is 1. The van der Waals surface area contributed by atoms with Crippen molar-refractivity contribution in [3.8, 4) is 0 Å². The summed E-state index contributed by atoms with van der Waals surface area (Å²) < 4.78 is 1.26. The van der Waals surface area contributed by atoms with Gasteiger partial charge in [0.05, 0.1) is 16.8 Å². The molecular formula is C19H23N3OS2. The van der Waals surface area contributed by atoms with Gasteiger partial charge < -0.3 is 5.11 Å². The van der Waals surface area contributed by atoms with Gasteiger partial charge in [-0.3, -0.25) is 9.80 Å². The van der Waals surface area contributed by atoms with E-state index in [0.29, 0.717) is 6.04 Å². The maximum atomic E-state index is 9.48. The van der Waals surface area contributed by atoms with E-state index in [1.807, 2.05) is 6.07 Å². The minimum atomic E-state index is 0.250. The Morgan fingerprint density at radius 2 is 2.08 bits per heavy atom. The topological polar surface area (TPSA) is 39.6 Å². The van der Waals surface area contributed by atoms with Gasteiger partial charge in [-0.1, -0.05) is 12.1 Å². The molecule has 132 valence electrons. The second-order valence-electron chi connectivity index (χ2n) is 6.58.